The number of nitrogens with zero attached hydrogens (tertiary/aromatic N) is 1. The Hall–Kier alpha value is -2.90. The quantitative estimate of drug-likeness (QED) is 0.621. The molecule has 0 atom stereocenters. The van der Waals surface area contributed by atoms with Gasteiger partial charge in [-0.15, -0.1) is 0 Å². The lowest BCUT2D eigenvalue weighted by molar-refractivity contribution is -0.137. The molecule has 2 aromatic rings. The SMILES string of the molecule is O=C(O)CCCNC(=O)C1CCC(Cn2c(=O)[nH]c3ccccc3c2=O)CC1. The molecule has 150 valence electrons. The lowest BCUT2D eigenvalue weighted by Gasteiger charge is -2.28. The molecular weight excluding hydrogens is 362 g/mol. The number of para-hydroxylation sites is 1. The number of hydrogen-bond acceptors (Lipinski definition) is 4. The van der Waals surface area contributed by atoms with Crippen molar-refractivity contribution in [1.29, 1.82) is 0 Å². The third-order valence-electron chi connectivity index (χ3n) is 5.41. The number of aromatic amines is 1. The van der Waals surface area contributed by atoms with E-state index in [0.717, 1.165) is 12.8 Å². The number of rotatable bonds is 7. The topological polar surface area (TPSA) is 121 Å². The normalized spacial score (nSPS) is 19.4. The molecule has 0 radical (unpaired) electrons. The first kappa shape index (κ1) is 19.9. The highest BCUT2D eigenvalue weighted by Gasteiger charge is 2.27. The fraction of sp³-hybridized carbons (Fsp3) is 0.500. The zero-order chi connectivity index (χ0) is 20.1. The maximum absolute atomic E-state index is 12.6. The van der Waals surface area contributed by atoms with Gasteiger partial charge in [0, 0.05) is 25.4 Å². The van der Waals surface area contributed by atoms with Gasteiger partial charge in [-0.3, -0.25) is 19.0 Å². The predicted octanol–water partition coefficient (Wildman–Crippen LogP) is 1.48. The van der Waals surface area contributed by atoms with Crippen LogP contribution in [0.3, 0.4) is 0 Å². The van der Waals surface area contributed by atoms with E-state index >= 15 is 0 Å². The van der Waals surface area contributed by atoms with Crippen LogP contribution in [0, 0.1) is 11.8 Å². The Morgan fingerprint density at radius 1 is 1.14 bits per heavy atom. The molecule has 1 amide bonds. The van der Waals surface area contributed by atoms with E-state index in [2.05, 4.69) is 10.3 Å². The Bertz CT molecular complexity index is 970. The van der Waals surface area contributed by atoms with Crippen molar-refractivity contribution >= 4 is 22.8 Å². The number of amides is 1. The van der Waals surface area contributed by atoms with Crippen LogP contribution in [0.2, 0.25) is 0 Å². The van der Waals surface area contributed by atoms with Crippen molar-refractivity contribution in [3.8, 4) is 0 Å². The standard InChI is InChI=1S/C20H25N3O5/c24-17(25)6-3-11-21-18(26)14-9-7-13(8-10-14)12-23-19(27)15-4-1-2-5-16(15)22-20(23)28/h1-2,4-5,13-14H,3,6-12H2,(H,21,26)(H,22,28)(H,24,25). The van der Waals surface area contributed by atoms with Gasteiger partial charge >= 0.3 is 11.7 Å². The second kappa shape index (κ2) is 8.86. The van der Waals surface area contributed by atoms with Gasteiger partial charge < -0.3 is 15.4 Å². The summed E-state index contributed by atoms with van der Waals surface area (Å²) >= 11 is 0. The van der Waals surface area contributed by atoms with Gasteiger partial charge in [0.2, 0.25) is 5.91 Å². The fourth-order valence-electron chi connectivity index (χ4n) is 3.83. The van der Waals surface area contributed by atoms with Crippen LogP contribution < -0.4 is 16.6 Å². The van der Waals surface area contributed by atoms with Crippen molar-refractivity contribution in [3.05, 3.63) is 45.1 Å². The molecule has 8 heteroatoms. The molecule has 3 N–H and O–H groups in total. The number of carbonyl (C=O) groups excluding carboxylic acids is 1. The number of aromatic nitrogens is 2. The Labute approximate surface area is 161 Å². The smallest absolute Gasteiger partial charge is 0.328 e. The molecule has 28 heavy (non-hydrogen) atoms. The summed E-state index contributed by atoms with van der Waals surface area (Å²) in [4.78, 5) is 50.4. The van der Waals surface area contributed by atoms with Gasteiger partial charge in [-0.2, -0.15) is 0 Å². The van der Waals surface area contributed by atoms with Crippen LogP contribution >= 0.6 is 0 Å². The molecule has 0 unspecified atom stereocenters. The number of carboxylic acid groups (broad SMARTS) is 1. The van der Waals surface area contributed by atoms with E-state index in [1.807, 2.05) is 0 Å². The van der Waals surface area contributed by atoms with E-state index < -0.39 is 11.7 Å². The molecule has 8 nitrogen and oxygen atoms in total. The Morgan fingerprint density at radius 2 is 1.86 bits per heavy atom. The lowest BCUT2D eigenvalue weighted by Crippen LogP contribution is -2.39. The fourth-order valence-corrected chi connectivity index (χ4v) is 3.83. The second-order valence-electron chi connectivity index (χ2n) is 7.40. The summed E-state index contributed by atoms with van der Waals surface area (Å²) in [6.07, 6.45) is 3.41. The highest BCUT2D eigenvalue weighted by Crippen LogP contribution is 2.29. The summed E-state index contributed by atoms with van der Waals surface area (Å²) in [7, 11) is 0. The molecule has 1 aromatic carbocycles. The van der Waals surface area contributed by atoms with Crippen molar-refractivity contribution in [2.24, 2.45) is 11.8 Å². The molecular formula is C20H25N3O5. The maximum atomic E-state index is 12.6. The van der Waals surface area contributed by atoms with Crippen molar-refractivity contribution in [3.63, 3.8) is 0 Å². The van der Waals surface area contributed by atoms with Crippen molar-refractivity contribution in [2.75, 3.05) is 6.54 Å². The Balaban J connectivity index is 1.55. The second-order valence-corrected chi connectivity index (χ2v) is 7.40. The highest BCUT2D eigenvalue weighted by molar-refractivity contribution is 5.78. The number of H-pyrrole nitrogens is 1. The first-order chi connectivity index (χ1) is 13.5. The number of aliphatic carboxylic acids is 1. The van der Waals surface area contributed by atoms with Crippen LogP contribution in [0.1, 0.15) is 38.5 Å². The van der Waals surface area contributed by atoms with Gasteiger partial charge in [0.1, 0.15) is 0 Å². The third kappa shape index (κ3) is 4.68. The molecule has 1 aliphatic carbocycles. The molecule has 0 bridgehead atoms. The van der Waals surface area contributed by atoms with E-state index in [1.54, 1.807) is 24.3 Å². The van der Waals surface area contributed by atoms with Crippen LogP contribution in [0.15, 0.2) is 33.9 Å². The number of carboxylic acids is 1. The molecule has 1 aliphatic rings. The average Bonchev–Trinajstić information content (AvgIpc) is 2.68. The minimum Gasteiger partial charge on any atom is -0.481 e. The monoisotopic (exact) mass is 387 g/mol. The van der Waals surface area contributed by atoms with Crippen molar-refractivity contribution < 1.29 is 14.7 Å². The molecule has 3 rings (SSSR count). The minimum absolute atomic E-state index is 0.0374. The number of hydrogen-bond donors (Lipinski definition) is 3. The Morgan fingerprint density at radius 3 is 2.57 bits per heavy atom. The number of nitrogens with one attached hydrogen (secondary N) is 2. The van der Waals surface area contributed by atoms with Gasteiger partial charge in [-0.1, -0.05) is 12.1 Å². The zero-order valence-corrected chi connectivity index (χ0v) is 15.6. The van der Waals surface area contributed by atoms with Crippen LogP contribution in [-0.2, 0) is 16.1 Å². The van der Waals surface area contributed by atoms with Gasteiger partial charge in [-0.05, 0) is 50.2 Å². The lowest BCUT2D eigenvalue weighted by atomic mass is 9.81. The third-order valence-corrected chi connectivity index (χ3v) is 5.41. The molecule has 0 spiro atoms. The van der Waals surface area contributed by atoms with E-state index in [9.17, 15) is 19.2 Å². The van der Waals surface area contributed by atoms with Crippen LogP contribution in [0.4, 0.5) is 0 Å². The number of carbonyl (C=O) groups is 2. The van der Waals surface area contributed by atoms with Crippen molar-refractivity contribution in [2.45, 2.75) is 45.1 Å². The summed E-state index contributed by atoms with van der Waals surface area (Å²) in [5.41, 5.74) is -0.142. The summed E-state index contributed by atoms with van der Waals surface area (Å²) < 4.78 is 1.26. The molecule has 0 aliphatic heterocycles. The van der Waals surface area contributed by atoms with E-state index in [-0.39, 0.29) is 29.7 Å². The molecule has 0 saturated heterocycles. The highest BCUT2D eigenvalue weighted by atomic mass is 16.4. The summed E-state index contributed by atoms with van der Waals surface area (Å²) in [6.45, 7) is 0.721. The minimum atomic E-state index is -0.867. The Kier molecular flexibility index (Phi) is 6.28. The predicted molar refractivity (Wildman–Crippen MR) is 104 cm³/mol. The molecule has 1 aromatic heterocycles. The average molecular weight is 387 g/mol. The summed E-state index contributed by atoms with van der Waals surface area (Å²) in [5.74, 6) is -0.818. The largest absolute Gasteiger partial charge is 0.481 e. The first-order valence-corrected chi connectivity index (χ1v) is 9.67. The van der Waals surface area contributed by atoms with Gasteiger partial charge in [-0.25, -0.2) is 4.79 Å². The van der Waals surface area contributed by atoms with Gasteiger partial charge in [0.25, 0.3) is 5.56 Å². The van der Waals surface area contributed by atoms with Crippen LogP contribution in [0.5, 0.6) is 0 Å². The van der Waals surface area contributed by atoms with E-state index in [4.69, 9.17) is 5.11 Å². The van der Waals surface area contributed by atoms with Crippen molar-refractivity contribution in [1.82, 2.24) is 14.9 Å². The van der Waals surface area contributed by atoms with Crippen LogP contribution in [0.25, 0.3) is 10.9 Å². The van der Waals surface area contributed by atoms with E-state index in [0.29, 0.717) is 43.3 Å². The van der Waals surface area contributed by atoms with Gasteiger partial charge in [0.15, 0.2) is 0 Å². The summed E-state index contributed by atoms with van der Waals surface area (Å²) in [5, 5.41) is 11.9. The number of fused-ring (bicyclic) bond motifs is 1. The zero-order valence-electron chi connectivity index (χ0n) is 15.6. The maximum Gasteiger partial charge on any atom is 0.328 e. The first-order valence-electron chi connectivity index (χ1n) is 9.67. The summed E-state index contributed by atoms with van der Waals surface area (Å²) in [6, 6.07) is 6.96. The molecule has 1 heterocycles. The molecule has 1 saturated carbocycles. The number of benzene rings is 1. The van der Waals surface area contributed by atoms with Crippen LogP contribution in [-0.4, -0.2) is 33.1 Å². The molecule has 1 fully saturated rings. The van der Waals surface area contributed by atoms with Gasteiger partial charge in [0.05, 0.1) is 10.9 Å². The van der Waals surface area contributed by atoms with E-state index in [1.165, 1.54) is 4.57 Å².